The van der Waals surface area contributed by atoms with Crippen LogP contribution >= 0.6 is 23.2 Å². The largest absolute Gasteiger partial charge is 0.305 e. The van der Waals surface area contributed by atoms with Crippen LogP contribution in [0.25, 0.3) is 0 Å². The minimum absolute atomic E-state index is 0.0252. The van der Waals surface area contributed by atoms with Gasteiger partial charge >= 0.3 is 0 Å². The zero-order valence-corrected chi connectivity index (χ0v) is 12.5. The molecule has 0 saturated heterocycles. The van der Waals surface area contributed by atoms with E-state index in [0.29, 0.717) is 10.0 Å². The third-order valence-corrected chi connectivity index (χ3v) is 3.59. The molecule has 1 atom stereocenters. The molecule has 0 bridgehead atoms. The molecule has 2 rings (SSSR count). The van der Waals surface area contributed by atoms with Gasteiger partial charge in [-0.15, -0.1) is 0 Å². The zero-order chi connectivity index (χ0) is 13.8. The smallest absolute Gasteiger partial charge is 0.0762 e. The third kappa shape index (κ3) is 3.30. The van der Waals surface area contributed by atoms with Crippen molar-refractivity contribution in [3.63, 3.8) is 0 Å². The Morgan fingerprint density at radius 2 is 2.11 bits per heavy atom. The monoisotopic (exact) mass is 297 g/mol. The van der Waals surface area contributed by atoms with Crippen molar-refractivity contribution in [2.45, 2.75) is 19.4 Å². The molecule has 0 spiro atoms. The van der Waals surface area contributed by atoms with Crippen LogP contribution in [0.5, 0.6) is 0 Å². The molecule has 5 heteroatoms. The fourth-order valence-corrected chi connectivity index (χ4v) is 2.58. The van der Waals surface area contributed by atoms with Crippen LogP contribution in [-0.2, 0) is 7.05 Å². The van der Waals surface area contributed by atoms with E-state index >= 15 is 0 Å². The minimum atomic E-state index is 0.0252. The molecule has 102 valence electrons. The summed E-state index contributed by atoms with van der Waals surface area (Å²) in [4.78, 5) is 0. The summed E-state index contributed by atoms with van der Waals surface area (Å²) in [5.41, 5.74) is 2.10. The van der Waals surface area contributed by atoms with E-state index in [1.807, 2.05) is 29.9 Å². The van der Waals surface area contributed by atoms with Gasteiger partial charge in [-0.1, -0.05) is 36.2 Å². The highest BCUT2D eigenvalue weighted by molar-refractivity contribution is 6.35. The van der Waals surface area contributed by atoms with Gasteiger partial charge in [0.2, 0.25) is 0 Å². The Morgan fingerprint density at radius 3 is 2.68 bits per heavy atom. The summed E-state index contributed by atoms with van der Waals surface area (Å²) >= 11 is 12.3. The number of rotatable bonds is 5. The molecule has 0 radical (unpaired) electrons. The molecular weight excluding hydrogens is 281 g/mol. The van der Waals surface area contributed by atoms with E-state index in [2.05, 4.69) is 17.3 Å². The van der Waals surface area contributed by atoms with Crippen LogP contribution in [0.4, 0.5) is 0 Å². The van der Waals surface area contributed by atoms with Crippen LogP contribution in [-0.4, -0.2) is 16.3 Å². The number of nitrogens with one attached hydrogen (secondary N) is 1. The molecule has 0 fully saturated rings. The molecule has 2 aromatic rings. The maximum absolute atomic E-state index is 6.32. The highest BCUT2D eigenvalue weighted by Crippen LogP contribution is 2.30. The Kier molecular flexibility index (Phi) is 4.86. The molecule has 1 unspecified atom stereocenters. The van der Waals surface area contributed by atoms with Crippen molar-refractivity contribution >= 4 is 23.2 Å². The van der Waals surface area contributed by atoms with E-state index in [0.717, 1.165) is 24.2 Å². The van der Waals surface area contributed by atoms with E-state index in [1.165, 1.54) is 0 Å². The van der Waals surface area contributed by atoms with Crippen LogP contribution in [0.15, 0.2) is 30.5 Å². The van der Waals surface area contributed by atoms with Gasteiger partial charge in [0, 0.05) is 23.3 Å². The highest BCUT2D eigenvalue weighted by Gasteiger charge is 2.19. The van der Waals surface area contributed by atoms with Crippen molar-refractivity contribution in [2.75, 3.05) is 6.54 Å². The Morgan fingerprint density at radius 1 is 1.32 bits per heavy atom. The second-order valence-electron chi connectivity index (χ2n) is 4.43. The first-order valence-corrected chi connectivity index (χ1v) is 7.05. The van der Waals surface area contributed by atoms with Gasteiger partial charge in [0.15, 0.2) is 0 Å². The quantitative estimate of drug-likeness (QED) is 0.909. The average molecular weight is 298 g/mol. The summed E-state index contributed by atoms with van der Waals surface area (Å²) in [6, 6.07) is 7.62. The van der Waals surface area contributed by atoms with Gasteiger partial charge in [-0.25, -0.2) is 0 Å². The number of halogens is 2. The van der Waals surface area contributed by atoms with Crippen molar-refractivity contribution in [1.29, 1.82) is 0 Å². The molecule has 1 N–H and O–H groups in total. The summed E-state index contributed by atoms with van der Waals surface area (Å²) in [5, 5.41) is 9.04. The van der Waals surface area contributed by atoms with E-state index in [4.69, 9.17) is 23.2 Å². The summed E-state index contributed by atoms with van der Waals surface area (Å²) in [7, 11) is 1.93. The predicted octanol–water partition coefficient (Wildman–Crippen LogP) is 3.82. The lowest BCUT2D eigenvalue weighted by atomic mass is 10.0. The molecule has 1 heterocycles. The SMILES string of the molecule is CCCNC(c1ccc(Cl)cc1Cl)c1ccnn1C. The zero-order valence-electron chi connectivity index (χ0n) is 11.0. The summed E-state index contributed by atoms with van der Waals surface area (Å²) < 4.78 is 1.86. The van der Waals surface area contributed by atoms with Gasteiger partial charge in [0.1, 0.15) is 0 Å². The molecule has 0 aliphatic rings. The number of hydrogen-bond acceptors (Lipinski definition) is 2. The predicted molar refractivity (Wildman–Crippen MR) is 79.8 cm³/mol. The Bertz CT molecular complexity index is 551. The minimum Gasteiger partial charge on any atom is -0.305 e. The summed E-state index contributed by atoms with van der Waals surface area (Å²) in [6.45, 7) is 3.05. The molecule has 0 amide bonds. The van der Waals surface area contributed by atoms with E-state index in [-0.39, 0.29) is 6.04 Å². The van der Waals surface area contributed by atoms with Crippen molar-refractivity contribution < 1.29 is 0 Å². The molecule has 0 saturated carbocycles. The van der Waals surface area contributed by atoms with E-state index in [9.17, 15) is 0 Å². The van der Waals surface area contributed by atoms with Gasteiger partial charge < -0.3 is 5.32 Å². The Hall–Kier alpha value is -1.03. The maximum Gasteiger partial charge on any atom is 0.0762 e. The maximum atomic E-state index is 6.32. The van der Waals surface area contributed by atoms with Gasteiger partial charge in [0.25, 0.3) is 0 Å². The fraction of sp³-hybridized carbons (Fsp3) is 0.357. The first kappa shape index (κ1) is 14.4. The van der Waals surface area contributed by atoms with Crippen LogP contribution in [0.1, 0.15) is 30.6 Å². The number of hydrogen-bond donors (Lipinski definition) is 1. The van der Waals surface area contributed by atoms with Gasteiger partial charge in [0.05, 0.1) is 11.7 Å². The van der Waals surface area contributed by atoms with Crippen molar-refractivity contribution in [3.05, 3.63) is 51.8 Å². The van der Waals surface area contributed by atoms with Gasteiger partial charge in [-0.05, 0) is 36.7 Å². The molecule has 3 nitrogen and oxygen atoms in total. The number of benzene rings is 1. The van der Waals surface area contributed by atoms with Crippen molar-refractivity contribution in [3.8, 4) is 0 Å². The topological polar surface area (TPSA) is 29.9 Å². The van der Waals surface area contributed by atoms with Gasteiger partial charge in [-0.3, -0.25) is 4.68 Å². The lowest BCUT2D eigenvalue weighted by Crippen LogP contribution is -2.25. The number of aromatic nitrogens is 2. The highest BCUT2D eigenvalue weighted by atomic mass is 35.5. The molecule has 19 heavy (non-hydrogen) atoms. The van der Waals surface area contributed by atoms with Crippen molar-refractivity contribution in [2.24, 2.45) is 7.05 Å². The molecule has 0 aliphatic carbocycles. The Labute approximate surface area is 123 Å². The number of nitrogens with zero attached hydrogens (tertiary/aromatic N) is 2. The van der Waals surface area contributed by atoms with Crippen LogP contribution in [0, 0.1) is 0 Å². The lowest BCUT2D eigenvalue weighted by Gasteiger charge is -2.20. The molecule has 1 aromatic carbocycles. The molecule has 1 aromatic heterocycles. The number of aryl methyl sites for hydroxylation is 1. The second kappa shape index (κ2) is 6.42. The molecule has 0 aliphatic heterocycles. The molecular formula is C14H17Cl2N3. The standard InChI is InChI=1S/C14H17Cl2N3/c1-3-7-17-14(13-6-8-18-19(13)2)11-5-4-10(15)9-12(11)16/h4-6,8-9,14,17H,3,7H2,1-2H3. The van der Waals surface area contributed by atoms with Crippen LogP contribution in [0.2, 0.25) is 10.0 Å². The second-order valence-corrected chi connectivity index (χ2v) is 5.28. The summed E-state index contributed by atoms with van der Waals surface area (Å²) in [6.07, 6.45) is 2.85. The van der Waals surface area contributed by atoms with E-state index < -0.39 is 0 Å². The van der Waals surface area contributed by atoms with Crippen LogP contribution < -0.4 is 5.32 Å². The first-order chi connectivity index (χ1) is 9.13. The fourth-order valence-electron chi connectivity index (χ4n) is 2.07. The van der Waals surface area contributed by atoms with E-state index in [1.54, 1.807) is 12.3 Å². The first-order valence-electron chi connectivity index (χ1n) is 6.29. The van der Waals surface area contributed by atoms with Crippen molar-refractivity contribution in [1.82, 2.24) is 15.1 Å². The summed E-state index contributed by atoms with van der Waals surface area (Å²) in [5.74, 6) is 0. The average Bonchev–Trinajstić information content (AvgIpc) is 2.78. The normalized spacial score (nSPS) is 12.6. The Balaban J connectivity index is 2.40. The van der Waals surface area contributed by atoms with Crippen LogP contribution in [0.3, 0.4) is 0 Å². The van der Waals surface area contributed by atoms with Gasteiger partial charge in [-0.2, -0.15) is 5.10 Å². The third-order valence-electron chi connectivity index (χ3n) is 3.03. The lowest BCUT2D eigenvalue weighted by molar-refractivity contribution is 0.554.